The lowest BCUT2D eigenvalue weighted by Gasteiger charge is -2.31. The Morgan fingerprint density at radius 3 is 2.52 bits per heavy atom. The zero-order chi connectivity index (χ0) is 37.7. The minimum absolute atomic E-state index is 0.0153. The van der Waals surface area contributed by atoms with E-state index < -0.39 is 36.0 Å². The number of carbonyl (C=O) groups excluding carboxylic acids is 3. The summed E-state index contributed by atoms with van der Waals surface area (Å²) in [6, 6.07) is 11.7. The average Bonchev–Trinajstić information content (AvgIpc) is 3.51. The number of allylic oxidation sites excluding steroid dienone is 3. The van der Waals surface area contributed by atoms with Crippen LogP contribution in [-0.4, -0.2) is 83.9 Å². The molecular weight excluding hydrogens is 725 g/mol. The number of nitrogens with zero attached hydrogens (tertiary/aromatic N) is 4. The van der Waals surface area contributed by atoms with E-state index in [-0.39, 0.29) is 23.9 Å². The maximum absolute atomic E-state index is 13.3. The Morgan fingerprint density at radius 1 is 1.04 bits per heavy atom. The van der Waals surface area contributed by atoms with Crippen molar-refractivity contribution in [3.63, 3.8) is 0 Å². The number of amides is 2. The van der Waals surface area contributed by atoms with E-state index in [4.69, 9.17) is 27.8 Å². The van der Waals surface area contributed by atoms with E-state index in [0.29, 0.717) is 52.5 Å². The van der Waals surface area contributed by atoms with Gasteiger partial charge in [0.15, 0.2) is 0 Å². The van der Waals surface area contributed by atoms with Crippen LogP contribution in [0.3, 0.4) is 0 Å². The molecule has 52 heavy (non-hydrogen) atoms. The molecule has 1 aromatic heterocycles. The number of ether oxygens (including phenoxy) is 2. The highest BCUT2D eigenvalue weighted by atomic mass is 35.5. The fraction of sp³-hybridized carbons (Fsp3) is 0.382. The number of piperazine rings is 1. The van der Waals surface area contributed by atoms with E-state index in [1.165, 1.54) is 29.5 Å². The van der Waals surface area contributed by atoms with Crippen molar-refractivity contribution in [2.45, 2.75) is 44.6 Å². The van der Waals surface area contributed by atoms with Gasteiger partial charge < -0.3 is 31.2 Å². The van der Waals surface area contributed by atoms with Gasteiger partial charge in [-0.25, -0.2) is 0 Å². The number of hydrogen-bond donors (Lipinski definition) is 4. The van der Waals surface area contributed by atoms with Crippen molar-refractivity contribution in [2.24, 2.45) is 11.5 Å². The summed E-state index contributed by atoms with van der Waals surface area (Å²) >= 11 is 7.37. The second-order valence-corrected chi connectivity index (χ2v) is 13.5. The first-order valence-corrected chi connectivity index (χ1v) is 17.5. The number of benzene rings is 2. The van der Waals surface area contributed by atoms with Crippen molar-refractivity contribution in [1.82, 2.24) is 25.3 Å². The summed E-state index contributed by atoms with van der Waals surface area (Å²) < 4.78 is 46.9. The zero-order valence-electron chi connectivity index (χ0n) is 28.3. The molecule has 1 saturated heterocycles. The summed E-state index contributed by atoms with van der Waals surface area (Å²) in [6.45, 7) is 3.17. The van der Waals surface area contributed by atoms with Crippen LogP contribution in [0.15, 0.2) is 72.2 Å². The summed E-state index contributed by atoms with van der Waals surface area (Å²) in [7, 11) is 2.02. The molecule has 1 unspecified atom stereocenters. The van der Waals surface area contributed by atoms with Crippen molar-refractivity contribution in [1.29, 1.82) is 0 Å². The molecule has 18 heteroatoms. The molecule has 1 fully saturated rings. The average molecular weight is 765 g/mol. The highest BCUT2D eigenvalue weighted by Crippen LogP contribution is 2.26. The third-order valence-corrected chi connectivity index (χ3v) is 8.78. The van der Waals surface area contributed by atoms with Crippen LogP contribution in [0, 0.1) is 0 Å². The van der Waals surface area contributed by atoms with Gasteiger partial charge in [0.05, 0.1) is 13.0 Å². The number of nitrogens with two attached hydrogens (primary N) is 2. The number of nitrogens with one attached hydrogen (secondary N) is 2. The van der Waals surface area contributed by atoms with Gasteiger partial charge in [-0.3, -0.25) is 24.6 Å². The van der Waals surface area contributed by atoms with E-state index in [9.17, 15) is 27.6 Å². The molecule has 2 aromatic carbocycles. The zero-order valence-corrected chi connectivity index (χ0v) is 29.9. The number of carbonyl (C=O) groups is 3. The molecule has 4 rings (SSSR count). The van der Waals surface area contributed by atoms with Gasteiger partial charge in [-0.1, -0.05) is 47.2 Å². The number of likely N-dealkylation sites (N-methyl/N-ethyl adjacent to an activating group) is 1. The van der Waals surface area contributed by atoms with Gasteiger partial charge in [-0.2, -0.15) is 0 Å². The lowest BCUT2D eigenvalue weighted by atomic mass is 10.1. The van der Waals surface area contributed by atoms with Crippen molar-refractivity contribution < 1.29 is 37.0 Å². The maximum atomic E-state index is 13.3. The molecule has 0 aliphatic carbocycles. The van der Waals surface area contributed by atoms with Crippen molar-refractivity contribution in [2.75, 3.05) is 45.1 Å². The molecule has 0 bridgehead atoms. The number of aryl methyl sites for hydroxylation is 1. The first-order chi connectivity index (χ1) is 24.7. The highest BCUT2D eigenvalue weighted by molar-refractivity contribution is 7.15. The van der Waals surface area contributed by atoms with Crippen LogP contribution in [0.2, 0.25) is 5.02 Å². The van der Waals surface area contributed by atoms with Gasteiger partial charge >= 0.3 is 12.3 Å². The summed E-state index contributed by atoms with van der Waals surface area (Å²) in [5.41, 5.74) is 13.2. The smallest absolute Gasteiger partial charge is 0.446 e. The number of unbranched alkanes of at least 4 members (excludes halogenated alkanes) is 1. The van der Waals surface area contributed by atoms with Crippen LogP contribution in [-0.2, 0) is 32.0 Å². The van der Waals surface area contributed by atoms with Gasteiger partial charge in [0.2, 0.25) is 17.1 Å². The number of alkyl halides is 3. The molecule has 280 valence electrons. The van der Waals surface area contributed by atoms with Crippen LogP contribution in [0.1, 0.15) is 41.5 Å². The third kappa shape index (κ3) is 14.1. The van der Waals surface area contributed by atoms with E-state index >= 15 is 0 Å². The van der Waals surface area contributed by atoms with Crippen molar-refractivity contribution in [3.8, 4) is 5.75 Å². The molecule has 2 amide bonds. The normalized spacial score (nSPS) is 15.2. The molecule has 1 aliphatic rings. The minimum atomic E-state index is -4.84. The minimum Gasteiger partial charge on any atom is -0.446 e. The molecule has 0 radical (unpaired) electrons. The van der Waals surface area contributed by atoms with Crippen LogP contribution < -0.4 is 26.8 Å². The molecule has 0 spiro atoms. The molecule has 2 heterocycles. The van der Waals surface area contributed by atoms with Crippen LogP contribution in [0.4, 0.5) is 18.3 Å². The van der Waals surface area contributed by atoms with E-state index in [0.717, 1.165) is 38.3 Å². The predicted molar refractivity (Wildman–Crippen MR) is 190 cm³/mol. The number of aromatic nitrogens is 2. The number of anilines is 1. The van der Waals surface area contributed by atoms with Crippen LogP contribution in [0.5, 0.6) is 5.75 Å². The Balaban J connectivity index is 1.21. The molecule has 1 atom stereocenters. The predicted octanol–water partition coefficient (Wildman–Crippen LogP) is 4.27. The number of rotatable bonds is 16. The Hall–Kier alpha value is -4.71. The summed E-state index contributed by atoms with van der Waals surface area (Å²) in [5, 5.41) is 14.7. The standard InChI is InChI=1S/C34H40ClF3N8O5S/c1-45-14-16-46(17-15-45)21-30(48)50-31(23-7-5-8-24(35)20-23)32(49)42-33-44-43-29(52-33)11-3-2-9-25(39)12-13-27(40)41-28(47)19-22-6-4-10-26(18-22)51-34(36,37)38/h4-8,10,12-13,18,20,31H,2-3,9,11,14-17,19,21,39-40H2,1H3,(H,41,47)(H,42,44,49)/b25-12-,27-13+. The Labute approximate surface area is 307 Å². The molecule has 13 nitrogen and oxygen atoms in total. The second-order valence-electron chi connectivity index (χ2n) is 12.0. The van der Waals surface area contributed by atoms with Gasteiger partial charge in [-0.15, -0.1) is 23.4 Å². The maximum Gasteiger partial charge on any atom is 0.573 e. The van der Waals surface area contributed by atoms with Gasteiger partial charge in [0.25, 0.3) is 5.91 Å². The molecule has 0 saturated carbocycles. The van der Waals surface area contributed by atoms with Gasteiger partial charge in [0, 0.05) is 48.9 Å². The summed E-state index contributed by atoms with van der Waals surface area (Å²) in [5.74, 6) is -2.05. The Bertz CT molecular complexity index is 1750. The van der Waals surface area contributed by atoms with E-state index in [2.05, 4.69) is 30.5 Å². The monoisotopic (exact) mass is 764 g/mol. The number of hydrogen-bond acceptors (Lipinski definition) is 12. The first-order valence-electron chi connectivity index (χ1n) is 16.3. The van der Waals surface area contributed by atoms with E-state index in [1.54, 1.807) is 30.3 Å². The fourth-order valence-electron chi connectivity index (χ4n) is 5.05. The van der Waals surface area contributed by atoms with Crippen molar-refractivity contribution >= 4 is 45.9 Å². The summed E-state index contributed by atoms with van der Waals surface area (Å²) in [6.07, 6.45) is -0.816. The Kier molecular flexibility index (Phi) is 14.8. The third-order valence-electron chi connectivity index (χ3n) is 7.65. The SMILES string of the molecule is CN1CCN(CC(=O)OC(C(=O)Nc2nnc(CCCC/C(N)=C/C=C(\N)NC(=O)Cc3cccc(OC(F)(F)F)c3)s2)c2cccc(Cl)c2)CC1. The summed E-state index contributed by atoms with van der Waals surface area (Å²) in [4.78, 5) is 42.6. The molecule has 3 aromatic rings. The lowest BCUT2D eigenvalue weighted by Crippen LogP contribution is -2.46. The van der Waals surface area contributed by atoms with Crippen LogP contribution >= 0.6 is 22.9 Å². The first kappa shape index (κ1) is 40.1. The van der Waals surface area contributed by atoms with Gasteiger partial charge in [0.1, 0.15) is 16.6 Å². The molecule has 1 aliphatic heterocycles. The largest absolute Gasteiger partial charge is 0.573 e. The lowest BCUT2D eigenvalue weighted by molar-refractivity contribution is -0.274. The Morgan fingerprint density at radius 2 is 1.79 bits per heavy atom. The van der Waals surface area contributed by atoms with Gasteiger partial charge in [-0.05, 0) is 68.3 Å². The van der Waals surface area contributed by atoms with Crippen molar-refractivity contribution in [3.05, 3.63) is 93.4 Å². The fourth-order valence-corrected chi connectivity index (χ4v) is 6.03. The number of esters is 1. The van der Waals surface area contributed by atoms with E-state index in [1.807, 2.05) is 11.9 Å². The quantitative estimate of drug-likeness (QED) is 0.0931. The number of halogens is 4. The molecular formula is C34H40ClF3N8O5S. The molecule has 6 N–H and O–H groups in total. The van der Waals surface area contributed by atoms with Crippen LogP contribution in [0.25, 0.3) is 0 Å². The topological polar surface area (TPSA) is 178 Å². The second kappa shape index (κ2) is 19.2. The highest BCUT2D eigenvalue weighted by Gasteiger charge is 2.31.